The van der Waals surface area contributed by atoms with Crippen molar-refractivity contribution in [3.8, 4) is 0 Å². The van der Waals surface area contributed by atoms with Crippen LogP contribution in [0.4, 0.5) is 21.9 Å². The van der Waals surface area contributed by atoms with Crippen LogP contribution in [0.5, 0.6) is 0 Å². The summed E-state index contributed by atoms with van der Waals surface area (Å²) in [4.78, 5) is 25.9. The second kappa shape index (κ2) is 7.58. The van der Waals surface area contributed by atoms with Crippen molar-refractivity contribution in [1.82, 2.24) is 5.32 Å². The standard InChI is InChI=1S/C18H20N4O2S/c19-15-3-1-2-4-16(15)21-17(23)12-5-7-13(8-6-12)22(18(24)25)14-9-10-20-11-14/h1-8,14,20H,9-11,19H2,(H,21,23)(H,24,25). The largest absolute Gasteiger partial charge is 0.397 e. The van der Waals surface area contributed by atoms with Gasteiger partial charge in [-0.1, -0.05) is 24.8 Å². The summed E-state index contributed by atoms with van der Waals surface area (Å²) in [7, 11) is 0. The van der Waals surface area contributed by atoms with E-state index in [0.717, 1.165) is 25.2 Å². The molecule has 2 amide bonds. The van der Waals surface area contributed by atoms with E-state index in [4.69, 9.17) is 5.73 Å². The number of nitrogens with two attached hydrogens (primary N) is 1. The van der Waals surface area contributed by atoms with Gasteiger partial charge in [-0.25, -0.2) is 0 Å². The molecule has 1 unspecified atom stereocenters. The van der Waals surface area contributed by atoms with Crippen LogP contribution in [0.25, 0.3) is 0 Å². The Balaban J connectivity index is 1.76. The number of anilines is 3. The Hall–Kier alpha value is -2.51. The molecular weight excluding hydrogens is 336 g/mol. The highest BCUT2D eigenvalue weighted by molar-refractivity contribution is 7.96. The molecule has 1 atom stereocenters. The fraction of sp³-hybridized carbons (Fsp3) is 0.222. The Bertz CT molecular complexity index is 773. The van der Waals surface area contributed by atoms with E-state index >= 15 is 0 Å². The number of amides is 2. The predicted octanol–water partition coefficient (Wildman–Crippen LogP) is 2.74. The minimum atomic E-state index is -0.303. The molecule has 4 N–H and O–H groups in total. The zero-order valence-electron chi connectivity index (χ0n) is 13.6. The smallest absolute Gasteiger partial charge is 0.283 e. The van der Waals surface area contributed by atoms with Crippen LogP contribution in [0.1, 0.15) is 16.8 Å². The number of nitrogens with one attached hydrogen (secondary N) is 2. The third-order valence-electron chi connectivity index (χ3n) is 4.22. The molecule has 1 aliphatic rings. The van der Waals surface area contributed by atoms with E-state index in [2.05, 4.69) is 23.3 Å². The lowest BCUT2D eigenvalue weighted by Gasteiger charge is -2.26. The summed E-state index contributed by atoms with van der Waals surface area (Å²) in [5.41, 5.74) is 8.13. The molecule has 0 spiro atoms. The van der Waals surface area contributed by atoms with Crippen LogP contribution < -0.4 is 21.3 Å². The van der Waals surface area contributed by atoms with Crippen LogP contribution in [0.3, 0.4) is 0 Å². The van der Waals surface area contributed by atoms with Gasteiger partial charge in [-0.15, -0.1) is 0 Å². The summed E-state index contributed by atoms with van der Waals surface area (Å²) in [5, 5.41) is 5.72. The van der Waals surface area contributed by atoms with Gasteiger partial charge in [0.2, 0.25) is 0 Å². The molecule has 2 aromatic rings. The highest BCUT2D eigenvalue weighted by atomic mass is 32.1. The quantitative estimate of drug-likeness (QED) is 0.501. The summed E-state index contributed by atoms with van der Waals surface area (Å²) in [6.07, 6.45) is 0.877. The normalized spacial score (nSPS) is 16.4. The van der Waals surface area contributed by atoms with Crippen molar-refractivity contribution in [3.05, 3.63) is 54.1 Å². The molecule has 1 aliphatic heterocycles. The second-order valence-electron chi connectivity index (χ2n) is 5.89. The Kier molecular flexibility index (Phi) is 5.25. The third kappa shape index (κ3) is 3.94. The maximum absolute atomic E-state index is 12.4. The molecule has 0 aromatic heterocycles. The van der Waals surface area contributed by atoms with Crippen LogP contribution in [0.15, 0.2) is 48.5 Å². The number of hydrogen-bond acceptors (Lipinski definition) is 4. The van der Waals surface area contributed by atoms with E-state index in [1.54, 1.807) is 53.4 Å². The first-order valence-electron chi connectivity index (χ1n) is 8.05. The van der Waals surface area contributed by atoms with Crippen molar-refractivity contribution in [2.24, 2.45) is 0 Å². The van der Waals surface area contributed by atoms with Crippen molar-refractivity contribution in [2.75, 3.05) is 29.0 Å². The molecular formula is C18H20N4O2S. The maximum Gasteiger partial charge on any atom is 0.283 e. The molecule has 1 fully saturated rings. The average Bonchev–Trinajstić information content (AvgIpc) is 3.11. The van der Waals surface area contributed by atoms with Gasteiger partial charge in [-0.3, -0.25) is 14.5 Å². The number of para-hydroxylation sites is 2. The van der Waals surface area contributed by atoms with Crippen LogP contribution in [-0.2, 0) is 0 Å². The Labute approximate surface area is 151 Å². The molecule has 25 heavy (non-hydrogen) atoms. The number of rotatable bonds is 4. The lowest BCUT2D eigenvalue weighted by atomic mass is 10.1. The predicted molar refractivity (Wildman–Crippen MR) is 103 cm³/mol. The van der Waals surface area contributed by atoms with Gasteiger partial charge in [-0.2, -0.15) is 0 Å². The molecule has 1 heterocycles. The van der Waals surface area contributed by atoms with Crippen LogP contribution in [0, 0.1) is 0 Å². The summed E-state index contributed by atoms with van der Waals surface area (Å²) < 4.78 is 0. The molecule has 0 aliphatic carbocycles. The minimum absolute atomic E-state index is 0.0776. The lowest BCUT2D eigenvalue weighted by Crippen LogP contribution is -2.38. The zero-order valence-corrected chi connectivity index (χ0v) is 14.5. The topological polar surface area (TPSA) is 87.5 Å². The van der Waals surface area contributed by atoms with Gasteiger partial charge in [0, 0.05) is 17.8 Å². The molecule has 0 radical (unpaired) electrons. The zero-order chi connectivity index (χ0) is 17.8. The van der Waals surface area contributed by atoms with Gasteiger partial charge in [0.25, 0.3) is 11.1 Å². The van der Waals surface area contributed by atoms with Gasteiger partial charge >= 0.3 is 0 Å². The first kappa shape index (κ1) is 17.3. The van der Waals surface area contributed by atoms with Crippen molar-refractivity contribution in [3.63, 3.8) is 0 Å². The molecule has 0 bridgehead atoms. The van der Waals surface area contributed by atoms with E-state index in [9.17, 15) is 9.59 Å². The summed E-state index contributed by atoms with van der Waals surface area (Å²) in [6.45, 7) is 1.61. The first-order chi connectivity index (χ1) is 12.1. The first-order valence-corrected chi connectivity index (χ1v) is 8.50. The lowest BCUT2D eigenvalue weighted by molar-refractivity contribution is 0.102. The number of nitrogen functional groups attached to an aromatic ring is 1. The number of carbonyl (C=O) groups is 2. The molecule has 130 valence electrons. The molecule has 3 rings (SSSR count). The number of carbonyl (C=O) groups excluding carboxylic acids is 2. The van der Waals surface area contributed by atoms with Crippen molar-refractivity contribution in [2.45, 2.75) is 12.5 Å². The van der Waals surface area contributed by atoms with Crippen LogP contribution in [0.2, 0.25) is 0 Å². The van der Waals surface area contributed by atoms with Gasteiger partial charge in [0.1, 0.15) is 0 Å². The van der Waals surface area contributed by atoms with E-state index in [-0.39, 0.29) is 17.2 Å². The molecule has 1 saturated heterocycles. The SMILES string of the molecule is Nc1ccccc1NC(=O)c1ccc(N(C(=O)S)C2CCNC2)cc1. The summed E-state index contributed by atoms with van der Waals surface area (Å²) in [6, 6.07) is 14.1. The molecule has 2 aromatic carbocycles. The van der Waals surface area contributed by atoms with Gasteiger partial charge in [0.15, 0.2) is 0 Å². The third-order valence-corrected chi connectivity index (χ3v) is 4.44. The number of benzene rings is 2. The Morgan fingerprint density at radius 2 is 1.88 bits per heavy atom. The highest BCUT2D eigenvalue weighted by Crippen LogP contribution is 2.23. The monoisotopic (exact) mass is 356 g/mol. The number of thiol groups is 1. The maximum atomic E-state index is 12.4. The Morgan fingerprint density at radius 3 is 2.48 bits per heavy atom. The second-order valence-corrected chi connectivity index (χ2v) is 6.27. The highest BCUT2D eigenvalue weighted by Gasteiger charge is 2.26. The van der Waals surface area contributed by atoms with Crippen molar-refractivity contribution in [1.29, 1.82) is 0 Å². The minimum Gasteiger partial charge on any atom is -0.397 e. The van der Waals surface area contributed by atoms with Gasteiger partial charge in [-0.05, 0) is 49.4 Å². The summed E-state index contributed by atoms with van der Waals surface area (Å²) in [5.74, 6) is -0.254. The molecule has 6 nitrogen and oxygen atoms in total. The van der Waals surface area contributed by atoms with E-state index < -0.39 is 0 Å². The van der Waals surface area contributed by atoms with Crippen molar-refractivity contribution >= 4 is 40.8 Å². The van der Waals surface area contributed by atoms with Gasteiger partial charge in [0.05, 0.1) is 17.4 Å². The average molecular weight is 356 g/mol. The number of hydrogen-bond donors (Lipinski definition) is 4. The van der Waals surface area contributed by atoms with E-state index in [1.165, 1.54) is 0 Å². The molecule has 7 heteroatoms. The van der Waals surface area contributed by atoms with E-state index in [1.807, 2.05) is 0 Å². The fourth-order valence-electron chi connectivity index (χ4n) is 2.92. The fourth-order valence-corrected chi connectivity index (χ4v) is 3.19. The molecule has 0 saturated carbocycles. The van der Waals surface area contributed by atoms with E-state index in [0.29, 0.717) is 16.9 Å². The Morgan fingerprint density at radius 1 is 1.16 bits per heavy atom. The van der Waals surface area contributed by atoms with Crippen LogP contribution >= 0.6 is 12.6 Å². The number of nitrogens with zero attached hydrogens (tertiary/aromatic N) is 1. The van der Waals surface area contributed by atoms with Crippen molar-refractivity contribution < 1.29 is 9.59 Å². The van der Waals surface area contributed by atoms with Crippen LogP contribution in [-0.4, -0.2) is 30.3 Å². The van der Waals surface area contributed by atoms with Gasteiger partial charge < -0.3 is 16.4 Å². The summed E-state index contributed by atoms with van der Waals surface area (Å²) >= 11 is 3.99.